The minimum atomic E-state index is -0.503. The third kappa shape index (κ3) is 5.46. The maximum atomic E-state index is 12.9. The van der Waals surface area contributed by atoms with Gasteiger partial charge in [-0.15, -0.1) is 0 Å². The van der Waals surface area contributed by atoms with E-state index in [2.05, 4.69) is 29.6 Å². The number of nitro benzene ring substituents is 1. The molecule has 0 radical (unpaired) electrons. The van der Waals surface area contributed by atoms with E-state index < -0.39 is 11.0 Å². The third-order valence-electron chi connectivity index (χ3n) is 5.14. The van der Waals surface area contributed by atoms with E-state index in [-0.39, 0.29) is 23.4 Å². The molecule has 3 rings (SSSR count). The molecule has 2 atom stereocenters. The van der Waals surface area contributed by atoms with Gasteiger partial charge in [0.2, 0.25) is 0 Å². The molecule has 0 aromatic heterocycles. The van der Waals surface area contributed by atoms with Crippen molar-refractivity contribution in [2.24, 2.45) is 0 Å². The zero-order valence-electron chi connectivity index (χ0n) is 17.7. The molecule has 0 unspecified atom stereocenters. The summed E-state index contributed by atoms with van der Waals surface area (Å²) in [6, 6.07) is 21.9. The van der Waals surface area contributed by atoms with E-state index in [0.29, 0.717) is 5.69 Å². The van der Waals surface area contributed by atoms with Crippen LogP contribution >= 0.6 is 0 Å². The van der Waals surface area contributed by atoms with Gasteiger partial charge in [0.25, 0.3) is 11.6 Å². The van der Waals surface area contributed by atoms with Crippen molar-refractivity contribution in [1.82, 2.24) is 0 Å². The van der Waals surface area contributed by atoms with Crippen LogP contribution in [-0.2, 0) is 4.79 Å². The number of hydrogen-bond acceptors (Lipinski definition) is 4. The number of benzene rings is 3. The SMILES string of the molecule is COc1cc([N+](=O)[O-])ccc1NC(=O)[C@@H](C)[NH2+][C@@H](c1ccccc1)c1ccc(C)cc1. The predicted molar refractivity (Wildman–Crippen MR) is 119 cm³/mol. The van der Waals surface area contributed by atoms with E-state index in [1.54, 1.807) is 0 Å². The summed E-state index contributed by atoms with van der Waals surface area (Å²) in [4.78, 5) is 23.4. The Morgan fingerprint density at radius 3 is 2.29 bits per heavy atom. The molecule has 0 saturated heterocycles. The van der Waals surface area contributed by atoms with Crippen molar-refractivity contribution in [3.63, 3.8) is 0 Å². The summed E-state index contributed by atoms with van der Waals surface area (Å²) in [5, 5.41) is 15.8. The molecule has 0 heterocycles. The number of ether oxygens (including phenoxy) is 1. The van der Waals surface area contributed by atoms with E-state index >= 15 is 0 Å². The number of carbonyl (C=O) groups excluding carboxylic acids is 1. The minimum absolute atomic E-state index is 0.0543. The summed E-state index contributed by atoms with van der Waals surface area (Å²) in [6.07, 6.45) is 0. The van der Waals surface area contributed by atoms with Crippen LogP contribution in [0.5, 0.6) is 5.75 Å². The van der Waals surface area contributed by atoms with Crippen LogP contribution in [0.25, 0.3) is 0 Å². The number of nitrogens with one attached hydrogen (secondary N) is 1. The molecule has 0 bridgehead atoms. The number of methoxy groups -OCH3 is 1. The first-order valence-corrected chi connectivity index (χ1v) is 9.99. The molecular formula is C24H26N3O4+. The van der Waals surface area contributed by atoms with Gasteiger partial charge in [-0.2, -0.15) is 0 Å². The number of nitrogens with zero attached hydrogens (tertiary/aromatic N) is 1. The average Bonchev–Trinajstić information content (AvgIpc) is 2.78. The maximum Gasteiger partial charge on any atom is 0.282 e. The number of nitro groups is 1. The van der Waals surface area contributed by atoms with E-state index in [1.165, 1.54) is 30.9 Å². The summed E-state index contributed by atoms with van der Waals surface area (Å²) in [5.74, 6) is 0.0214. The van der Waals surface area contributed by atoms with Gasteiger partial charge >= 0.3 is 0 Å². The van der Waals surface area contributed by atoms with Crippen LogP contribution in [0.4, 0.5) is 11.4 Å². The van der Waals surface area contributed by atoms with Gasteiger partial charge in [-0.25, -0.2) is 0 Å². The average molecular weight is 420 g/mol. The highest BCUT2D eigenvalue weighted by Gasteiger charge is 2.25. The molecule has 1 amide bonds. The normalized spacial score (nSPS) is 12.6. The molecule has 0 fully saturated rings. The molecular weight excluding hydrogens is 394 g/mol. The lowest BCUT2D eigenvalue weighted by molar-refractivity contribution is -0.704. The van der Waals surface area contributed by atoms with Gasteiger partial charge in [0.1, 0.15) is 11.8 Å². The van der Waals surface area contributed by atoms with Crippen molar-refractivity contribution in [2.45, 2.75) is 25.9 Å². The van der Waals surface area contributed by atoms with Gasteiger partial charge in [0.15, 0.2) is 6.04 Å². The summed E-state index contributed by atoms with van der Waals surface area (Å²) in [5.41, 5.74) is 3.66. The Labute approximate surface area is 181 Å². The largest absolute Gasteiger partial charge is 0.494 e. The molecule has 0 saturated carbocycles. The van der Waals surface area contributed by atoms with Crippen molar-refractivity contribution in [3.05, 3.63) is 99.6 Å². The molecule has 3 N–H and O–H groups in total. The fourth-order valence-electron chi connectivity index (χ4n) is 3.37. The van der Waals surface area contributed by atoms with Crippen LogP contribution < -0.4 is 15.4 Å². The second-order valence-corrected chi connectivity index (χ2v) is 7.41. The standard InChI is InChI=1S/C24H25N3O4/c1-16-9-11-19(12-10-16)23(18-7-5-4-6-8-18)25-17(2)24(28)26-21-14-13-20(27(29)30)15-22(21)31-3/h4-15,17,23,25H,1-3H3,(H,26,28)/p+1/t17-,23+/m1/s1. The van der Waals surface area contributed by atoms with Crippen molar-refractivity contribution < 1.29 is 19.8 Å². The molecule has 0 spiro atoms. The second kappa shape index (κ2) is 9.86. The zero-order valence-corrected chi connectivity index (χ0v) is 17.7. The fraction of sp³-hybridized carbons (Fsp3) is 0.208. The third-order valence-corrected chi connectivity index (χ3v) is 5.14. The number of hydrogen-bond donors (Lipinski definition) is 2. The van der Waals surface area contributed by atoms with Gasteiger partial charge < -0.3 is 15.4 Å². The number of nitrogens with two attached hydrogens (primary N) is 1. The number of non-ortho nitro benzene ring substituents is 1. The van der Waals surface area contributed by atoms with Gasteiger partial charge in [-0.3, -0.25) is 14.9 Å². The Bertz CT molecular complexity index is 1050. The summed E-state index contributed by atoms with van der Waals surface area (Å²) in [6.45, 7) is 3.87. The van der Waals surface area contributed by atoms with Crippen molar-refractivity contribution in [3.8, 4) is 5.75 Å². The van der Waals surface area contributed by atoms with E-state index in [1.807, 2.05) is 49.5 Å². The van der Waals surface area contributed by atoms with Gasteiger partial charge in [0, 0.05) is 17.2 Å². The Morgan fingerprint density at radius 1 is 1.03 bits per heavy atom. The Balaban J connectivity index is 1.80. The monoisotopic (exact) mass is 420 g/mol. The predicted octanol–water partition coefficient (Wildman–Crippen LogP) is 3.59. The lowest BCUT2D eigenvalue weighted by atomic mass is 9.97. The molecule has 7 nitrogen and oxygen atoms in total. The first-order chi connectivity index (χ1) is 14.9. The molecule has 3 aromatic rings. The molecule has 7 heteroatoms. The summed E-state index contributed by atoms with van der Waals surface area (Å²) >= 11 is 0. The minimum Gasteiger partial charge on any atom is -0.494 e. The van der Waals surface area contributed by atoms with E-state index in [4.69, 9.17) is 4.74 Å². The molecule has 31 heavy (non-hydrogen) atoms. The van der Waals surface area contributed by atoms with Crippen molar-refractivity contribution in [1.29, 1.82) is 0 Å². The van der Waals surface area contributed by atoms with Crippen LogP contribution in [0, 0.1) is 17.0 Å². The van der Waals surface area contributed by atoms with Gasteiger partial charge in [-0.1, -0.05) is 60.2 Å². The maximum absolute atomic E-state index is 12.9. The van der Waals surface area contributed by atoms with Gasteiger partial charge in [0.05, 0.1) is 23.8 Å². The van der Waals surface area contributed by atoms with E-state index in [9.17, 15) is 14.9 Å². The topological polar surface area (TPSA) is 98.1 Å². The Morgan fingerprint density at radius 2 is 1.68 bits per heavy atom. The lowest BCUT2D eigenvalue weighted by Crippen LogP contribution is -2.92. The van der Waals surface area contributed by atoms with Crippen molar-refractivity contribution in [2.75, 3.05) is 12.4 Å². The molecule has 160 valence electrons. The highest BCUT2D eigenvalue weighted by molar-refractivity contribution is 5.95. The van der Waals surface area contributed by atoms with Crippen LogP contribution in [0.3, 0.4) is 0 Å². The number of quaternary nitrogens is 1. The Kier molecular flexibility index (Phi) is 6.99. The molecule has 0 aliphatic heterocycles. The lowest BCUT2D eigenvalue weighted by Gasteiger charge is -2.21. The first-order valence-electron chi connectivity index (χ1n) is 9.99. The Hall–Kier alpha value is -3.71. The second-order valence-electron chi connectivity index (χ2n) is 7.41. The highest BCUT2D eigenvalue weighted by atomic mass is 16.6. The molecule has 0 aliphatic carbocycles. The number of aryl methyl sites for hydroxylation is 1. The van der Waals surface area contributed by atoms with Gasteiger partial charge in [-0.05, 0) is 19.9 Å². The van der Waals surface area contributed by atoms with Crippen LogP contribution in [0.2, 0.25) is 0 Å². The van der Waals surface area contributed by atoms with E-state index in [0.717, 1.165) is 11.1 Å². The number of anilines is 1. The summed E-state index contributed by atoms with van der Waals surface area (Å²) < 4.78 is 5.22. The highest BCUT2D eigenvalue weighted by Crippen LogP contribution is 2.29. The van der Waals surface area contributed by atoms with Crippen LogP contribution in [0.15, 0.2) is 72.8 Å². The fourth-order valence-corrected chi connectivity index (χ4v) is 3.37. The first kappa shape index (κ1) is 22.0. The van der Waals surface area contributed by atoms with Crippen molar-refractivity contribution >= 4 is 17.3 Å². The smallest absolute Gasteiger partial charge is 0.282 e. The van der Waals surface area contributed by atoms with Crippen LogP contribution in [0.1, 0.15) is 29.7 Å². The zero-order chi connectivity index (χ0) is 22.4. The molecule has 3 aromatic carbocycles. The number of rotatable bonds is 8. The van der Waals surface area contributed by atoms with Crippen LogP contribution in [-0.4, -0.2) is 24.0 Å². The number of carbonyl (C=O) groups is 1. The molecule has 0 aliphatic rings. The number of amides is 1. The quantitative estimate of drug-likeness (QED) is 0.430. The summed E-state index contributed by atoms with van der Waals surface area (Å²) in [7, 11) is 1.41.